The molecule has 4 rings (SSSR count). The fraction of sp³-hybridized carbons (Fsp3) is 0.346. The van der Waals surface area contributed by atoms with E-state index in [1.807, 2.05) is 70.0 Å². The average Bonchev–Trinajstić information content (AvgIpc) is 3.13. The monoisotopic (exact) mass is 530 g/mol. The zero-order valence-corrected chi connectivity index (χ0v) is 22.4. The molecule has 10 heteroatoms. The highest BCUT2D eigenvalue weighted by Crippen LogP contribution is 2.47. The molecule has 0 saturated carbocycles. The second kappa shape index (κ2) is 8.65. The van der Waals surface area contributed by atoms with Gasteiger partial charge in [-0.2, -0.15) is 16.8 Å². The van der Waals surface area contributed by atoms with E-state index in [1.165, 1.54) is 18.2 Å². The largest absolute Gasteiger partial charge is 0.347 e. The molecule has 8 nitrogen and oxygen atoms in total. The second-order valence-electron chi connectivity index (χ2n) is 10.2. The molecule has 1 unspecified atom stereocenters. The van der Waals surface area contributed by atoms with Gasteiger partial charge in [-0.05, 0) is 54.0 Å². The van der Waals surface area contributed by atoms with Crippen LogP contribution in [0, 0.1) is 5.41 Å². The number of benzene rings is 1. The molecular weight excluding hydrogens is 500 g/mol. The van der Waals surface area contributed by atoms with E-state index in [2.05, 4.69) is 4.99 Å². The standard InChI is InChI=1S/C26H30N2O6S2/c1-25(2)19-15-17(35(29,30)31)11-13-21(19)27-23(25)9-7-6-8-10-24-26(3,4)20-16-18(36(32,33)34)12-14-22(20)28(24)5/h6-14,16-17H,15H2,1-5H3,(H,29,30,31)(H,32,33,34)/b8-6+,9-7+,24-10+. The van der Waals surface area contributed by atoms with Crippen molar-refractivity contribution in [1.82, 2.24) is 0 Å². The first-order chi connectivity index (χ1) is 16.5. The normalized spacial score (nSPS) is 24.2. The molecule has 1 atom stereocenters. The number of aliphatic imine (C=N–C) groups is 1. The summed E-state index contributed by atoms with van der Waals surface area (Å²) >= 11 is 0. The fourth-order valence-electron chi connectivity index (χ4n) is 5.06. The van der Waals surface area contributed by atoms with Crippen molar-refractivity contribution < 1.29 is 25.9 Å². The van der Waals surface area contributed by atoms with Crippen LogP contribution in [0.3, 0.4) is 0 Å². The lowest BCUT2D eigenvalue weighted by Crippen LogP contribution is -2.28. The molecule has 1 aromatic rings. The van der Waals surface area contributed by atoms with Gasteiger partial charge in [-0.25, -0.2) is 0 Å². The Kier molecular flexibility index (Phi) is 6.32. The Balaban J connectivity index is 1.51. The molecule has 192 valence electrons. The van der Waals surface area contributed by atoms with Crippen molar-refractivity contribution in [3.05, 3.63) is 83.3 Å². The number of rotatable bonds is 5. The van der Waals surface area contributed by atoms with Crippen molar-refractivity contribution in [2.24, 2.45) is 10.4 Å². The maximum atomic E-state index is 11.6. The van der Waals surface area contributed by atoms with Gasteiger partial charge in [-0.3, -0.25) is 14.1 Å². The van der Waals surface area contributed by atoms with E-state index in [0.717, 1.165) is 33.9 Å². The van der Waals surface area contributed by atoms with Crippen LogP contribution >= 0.6 is 0 Å². The van der Waals surface area contributed by atoms with Crippen LogP contribution in [-0.2, 0) is 25.7 Å². The van der Waals surface area contributed by atoms with Crippen LogP contribution in [0.1, 0.15) is 39.7 Å². The summed E-state index contributed by atoms with van der Waals surface area (Å²) in [4.78, 5) is 6.53. The Labute approximate surface area is 212 Å². The van der Waals surface area contributed by atoms with Gasteiger partial charge >= 0.3 is 0 Å². The van der Waals surface area contributed by atoms with E-state index in [-0.39, 0.29) is 11.3 Å². The van der Waals surface area contributed by atoms with Crippen LogP contribution in [0.2, 0.25) is 0 Å². The number of anilines is 1. The highest BCUT2D eigenvalue weighted by atomic mass is 32.2. The smallest absolute Gasteiger partial charge is 0.294 e. The van der Waals surface area contributed by atoms with E-state index < -0.39 is 36.3 Å². The summed E-state index contributed by atoms with van der Waals surface area (Å²) in [6.07, 6.45) is 12.8. The second-order valence-corrected chi connectivity index (χ2v) is 13.3. The molecule has 2 aliphatic heterocycles. The minimum absolute atomic E-state index is 0.128. The zero-order valence-electron chi connectivity index (χ0n) is 20.8. The van der Waals surface area contributed by atoms with Crippen LogP contribution < -0.4 is 4.90 Å². The summed E-state index contributed by atoms with van der Waals surface area (Å²) in [7, 11) is -6.54. The first-order valence-corrected chi connectivity index (χ1v) is 14.4. The van der Waals surface area contributed by atoms with E-state index in [4.69, 9.17) is 0 Å². The van der Waals surface area contributed by atoms with Gasteiger partial charge < -0.3 is 4.90 Å². The van der Waals surface area contributed by atoms with Gasteiger partial charge in [-0.1, -0.05) is 52.0 Å². The van der Waals surface area contributed by atoms with Crippen LogP contribution in [0.15, 0.2) is 87.6 Å². The molecule has 1 aromatic carbocycles. The summed E-state index contributed by atoms with van der Waals surface area (Å²) in [6, 6.07) is 4.61. The van der Waals surface area contributed by atoms with Crippen LogP contribution in [0.4, 0.5) is 5.69 Å². The third-order valence-electron chi connectivity index (χ3n) is 7.23. The molecule has 2 N–H and O–H groups in total. The van der Waals surface area contributed by atoms with Crippen molar-refractivity contribution in [3.8, 4) is 0 Å². The van der Waals surface area contributed by atoms with Gasteiger partial charge in [0.25, 0.3) is 20.2 Å². The highest BCUT2D eigenvalue weighted by Gasteiger charge is 2.40. The summed E-state index contributed by atoms with van der Waals surface area (Å²) < 4.78 is 65.3. The van der Waals surface area contributed by atoms with E-state index in [1.54, 1.807) is 12.1 Å². The first kappa shape index (κ1) is 26.3. The lowest BCUT2D eigenvalue weighted by molar-refractivity contribution is 0.469. The molecule has 0 saturated heterocycles. The summed E-state index contributed by atoms with van der Waals surface area (Å²) in [5.74, 6) is 0. The maximum absolute atomic E-state index is 11.6. The zero-order chi connectivity index (χ0) is 26.7. The molecule has 1 aliphatic carbocycles. The topological polar surface area (TPSA) is 124 Å². The van der Waals surface area contributed by atoms with Crippen LogP contribution in [0.5, 0.6) is 0 Å². The van der Waals surface area contributed by atoms with E-state index in [9.17, 15) is 25.9 Å². The Morgan fingerprint density at radius 3 is 2.36 bits per heavy atom. The van der Waals surface area contributed by atoms with Gasteiger partial charge in [-0.15, -0.1) is 0 Å². The lowest BCUT2D eigenvalue weighted by atomic mass is 9.77. The summed E-state index contributed by atoms with van der Waals surface area (Å²) in [5, 5.41) is -0.954. The molecule has 36 heavy (non-hydrogen) atoms. The Hall–Kier alpha value is -2.79. The van der Waals surface area contributed by atoms with Crippen LogP contribution in [0.25, 0.3) is 0 Å². The van der Waals surface area contributed by atoms with Crippen molar-refractivity contribution in [3.63, 3.8) is 0 Å². The maximum Gasteiger partial charge on any atom is 0.294 e. The van der Waals surface area contributed by atoms with Crippen molar-refractivity contribution >= 4 is 31.6 Å². The highest BCUT2D eigenvalue weighted by molar-refractivity contribution is 7.86. The third-order valence-corrected chi connectivity index (χ3v) is 9.17. The molecule has 0 spiro atoms. The SMILES string of the molecule is CN1/C(=C/C=C/C=C/C2=NC3=C(CC(S(=O)(=O)O)C=C3)C2(C)C)C(C)(C)c2cc(S(=O)(=O)O)ccc21. The molecule has 2 heterocycles. The van der Waals surface area contributed by atoms with Gasteiger partial charge in [0, 0.05) is 29.3 Å². The molecule has 0 bridgehead atoms. The number of likely N-dealkylation sites (N-methyl/N-ethyl adjacent to an activating group) is 1. The minimum atomic E-state index is -4.29. The van der Waals surface area contributed by atoms with E-state index >= 15 is 0 Å². The minimum Gasteiger partial charge on any atom is -0.347 e. The third kappa shape index (κ3) is 4.54. The van der Waals surface area contributed by atoms with Gasteiger partial charge in [0.2, 0.25) is 0 Å². The first-order valence-electron chi connectivity index (χ1n) is 11.4. The van der Waals surface area contributed by atoms with Gasteiger partial charge in [0.15, 0.2) is 0 Å². The van der Waals surface area contributed by atoms with Gasteiger partial charge in [0.05, 0.1) is 16.3 Å². The summed E-state index contributed by atoms with van der Waals surface area (Å²) in [5.41, 5.74) is 4.13. The van der Waals surface area contributed by atoms with E-state index in [0.29, 0.717) is 0 Å². The van der Waals surface area contributed by atoms with Crippen molar-refractivity contribution in [2.45, 2.75) is 49.7 Å². The Morgan fingerprint density at radius 2 is 1.72 bits per heavy atom. The quantitative estimate of drug-likeness (QED) is 0.421. The predicted octanol–water partition coefficient (Wildman–Crippen LogP) is 4.61. The number of hydrogen-bond donors (Lipinski definition) is 2. The molecular formula is C26H30N2O6S2. The molecule has 0 amide bonds. The predicted molar refractivity (Wildman–Crippen MR) is 141 cm³/mol. The van der Waals surface area contributed by atoms with Crippen molar-refractivity contribution in [2.75, 3.05) is 11.9 Å². The summed E-state index contributed by atoms with van der Waals surface area (Å²) in [6.45, 7) is 7.97. The number of hydrogen-bond acceptors (Lipinski definition) is 6. The number of fused-ring (bicyclic) bond motifs is 1. The van der Waals surface area contributed by atoms with Crippen molar-refractivity contribution in [1.29, 1.82) is 0 Å². The van der Waals surface area contributed by atoms with Crippen LogP contribution in [-0.4, -0.2) is 44.0 Å². The van der Waals surface area contributed by atoms with Gasteiger partial charge in [0.1, 0.15) is 5.25 Å². The molecule has 0 radical (unpaired) electrons. The lowest BCUT2D eigenvalue weighted by Gasteiger charge is -2.27. The fourth-order valence-corrected chi connectivity index (χ4v) is 6.22. The molecule has 0 fully saturated rings. The number of nitrogens with zero attached hydrogens (tertiary/aromatic N) is 2. The molecule has 3 aliphatic rings. The molecule has 0 aromatic heterocycles. The average molecular weight is 531 g/mol. The number of allylic oxidation sites excluding steroid dienone is 8. The Bertz CT molecular complexity index is 1520. The Morgan fingerprint density at radius 1 is 1.03 bits per heavy atom.